The largest absolute Gasteiger partial charge is 0.508 e. The van der Waals surface area contributed by atoms with E-state index in [0.717, 1.165) is 16.5 Å². The second-order valence-electron chi connectivity index (χ2n) is 10.8. The van der Waals surface area contributed by atoms with Crippen LogP contribution in [-0.2, 0) is 44.2 Å². The van der Waals surface area contributed by atoms with E-state index in [0.29, 0.717) is 23.3 Å². The number of aromatic hydroxyl groups is 1. The van der Waals surface area contributed by atoms with Crippen LogP contribution in [0.2, 0.25) is 0 Å². The zero-order chi connectivity index (χ0) is 31.8. The maximum Gasteiger partial charge on any atom is 0.411 e. The number of hydrogen-bond donors (Lipinski definition) is 1. The van der Waals surface area contributed by atoms with Gasteiger partial charge in [-0.25, -0.2) is 19.4 Å². The van der Waals surface area contributed by atoms with Crippen molar-refractivity contribution in [1.82, 2.24) is 19.4 Å². The fraction of sp³-hybridized carbons (Fsp3) is 0.406. The van der Waals surface area contributed by atoms with Crippen LogP contribution < -0.4 is 5.56 Å². The number of aromatic nitrogens is 2. The number of amides is 2. The number of ether oxygens (including phenoxy) is 3. The molecule has 0 fully saturated rings. The Morgan fingerprint density at radius 3 is 2.55 bits per heavy atom. The van der Waals surface area contributed by atoms with Crippen LogP contribution in [0, 0.1) is 12.3 Å². The molecule has 0 spiro atoms. The van der Waals surface area contributed by atoms with Gasteiger partial charge in [-0.05, 0) is 42.7 Å². The van der Waals surface area contributed by atoms with Crippen LogP contribution in [0.5, 0.6) is 5.75 Å². The molecule has 230 valence electrons. The first kappa shape index (κ1) is 30.4. The molecule has 44 heavy (non-hydrogen) atoms. The third-order valence-electron chi connectivity index (χ3n) is 8.24. The number of benzene rings is 1. The number of aryl methyl sites for hydroxylation is 1. The van der Waals surface area contributed by atoms with Crippen LogP contribution >= 0.6 is 0 Å². The number of fused-ring (bicyclic) bond motifs is 5. The van der Waals surface area contributed by atoms with Crippen molar-refractivity contribution in [2.75, 3.05) is 33.8 Å². The molecule has 12 nitrogen and oxygen atoms in total. The van der Waals surface area contributed by atoms with Gasteiger partial charge in [-0.1, -0.05) is 13.8 Å². The molecule has 0 saturated heterocycles. The molecule has 5 rings (SSSR count). The first-order valence-electron chi connectivity index (χ1n) is 14.4. The quantitative estimate of drug-likeness (QED) is 0.139. The molecule has 1 unspecified atom stereocenters. The molecule has 2 aromatic heterocycles. The number of carbonyl (C=O) groups excluding carboxylic acids is 3. The van der Waals surface area contributed by atoms with Crippen LogP contribution in [0.15, 0.2) is 29.1 Å². The average Bonchev–Trinajstić information content (AvgIpc) is 3.38. The van der Waals surface area contributed by atoms with Gasteiger partial charge >= 0.3 is 18.2 Å². The van der Waals surface area contributed by atoms with Crippen molar-refractivity contribution in [2.45, 2.75) is 51.9 Å². The van der Waals surface area contributed by atoms with Crippen molar-refractivity contribution in [2.24, 2.45) is 0 Å². The smallest absolute Gasteiger partial charge is 0.411 e. The van der Waals surface area contributed by atoms with Crippen LogP contribution in [0.3, 0.4) is 0 Å². The standard InChI is InChI=1S/C32H34N4O8/c1-6-9-14-42-30(40)34(4)12-13-35(5)31(41)44-32(8-3)24-16-26-27-22(17-36(26)28(38)23(24)18-43-29(32)39)20(7-2)21-15-19(37)10-11-25(21)33-27/h1,10-11,15-16,37H,7-9,12-14,17-18H2,2-5H3. The highest BCUT2D eigenvalue weighted by Crippen LogP contribution is 2.42. The normalized spacial score (nSPS) is 16.3. The van der Waals surface area contributed by atoms with E-state index in [1.54, 1.807) is 35.8 Å². The Morgan fingerprint density at radius 2 is 1.86 bits per heavy atom. The summed E-state index contributed by atoms with van der Waals surface area (Å²) in [4.78, 5) is 60.1. The molecule has 1 N–H and O–H groups in total. The van der Waals surface area contributed by atoms with E-state index in [2.05, 4.69) is 5.92 Å². The molecule has 4 heterocycles. The highest BCUT2D eigenvalue weighted by atomic mass is 16.6. The average molecular weight is 603 g/mol. The minimum atomic E-state index is -1.87. The molecule has 3 aromatic rings. The monoisotopic (exact) mass is 602 g/mol. The number of carbonyl (C=O) groups is 3. The summed E-state index contributed by atoms with van der Waals surface area (Å²) in [6.07, 6.45) is 4.71. The Kier molecular flexibility index (Phi) is 8.23. The SMILES string of the molecule is C#CCCOC(=O)N(C)CCN(C)C(=O)OC1(CC)C(=O)OCc2c1cc1n(c2=O)Cc2c-1nc1ccc(O)cc1c2CC. The molecule has 2 amide bonds. The number of phenols is 1. The molecule has 0 bridgehead atoms. The van der Waals surface area contributed by atoms with E-state index in [4.69, 9.17) is 25.6 Å². The van der Waals surface area contributed by atoms with Crippen LogP contribution in [0.1, 0.15) is 48.9 Å². The van der Waals surface area contributed by atoms with Crippen molar-refractivity contribution in [1.29, 1.82) is 0 Å². The van der Waals surface area contributed by atoms with Crippen molar-refractivity contribution < 1.29 is 33.7 Å². The van der Waals surface area contributed by atoms with Gasteiger partial charge in [0, 0.05) is 50.1 Å². The predicted molar refractivity (Wildman–Crippen MR) is 160 cm³/mol. The Balaban J connectivity index is 1.48. The van der Waals surface area contributed by atoms with Gasteiger partial charge in [-0.2, -0.15) is 0 Å². The number of pyridine rings is 2. The maximum atomic E-state index is 13.9. The molecule has 0 saturated carbocycles. The van der Waals surface area contributed by atoms with Crippen LogP contribution in [0.25, 0.3) is 22.3 Å². The minimum absolute atomic E-state index is 0.0141. The highest BCUT2D eigenvalue weighted by Gasteiger charge is 2.51. The van der Waals surface area contributed by atoms with Gasteiger partial charge < -0.3 is 33.7 Å². The summed E-state index contributed by atoms with van der Waals surface area (Å²) in [5.41, 5.74) is 1.87. The van der Waals surface area contributed by atoms with E-state index in [9.17, 15) is 24.3 Å². The summed E-state index contributed by atoms with van der Waals surface area (Å²) >= 11 is 0. The molecule has 1 aromatic carbocycles. The Hall–Kier alpha value is -5.05. The van der Waals surface area contributed by atoms with Gasteiger partial charge in [0.2, 0.25) is 5.60 Å². The zero-order valence-electron chi connectivity index (χ0n) is 25.1. The minimum Gasteiger partial charge on any atom is -0.508 e. The summed E-state index contributed by atoms with van der Waals surface area (Å²) < 4.78 is 18.0. The second-order valence-corrected chi connectivity index (χ2v) is 10.8. The highest BCUT2D eigenvalue weighted by molar-refractivity contribution is 5.90. The molecular formula is C32H34N4O8. The van der Waals surface area contributed by atoms with Gasteiger partial charge in [0.15, 0.2) is 0 Å². The zero-order valence-corrected chi connectivity index (χ0v) is 25.1. The van der Waals surface area contributed by atoms with Gasteiger partial charge in [-0.15, -0.1) is 12.3 Å². The Labute approximate surface area is 254 Å². The number of rotatable bonds is 8. The number of hydrogen-bond acceptors (Lipinski definition) is 9. The summed E-state index contributed by atoms with van der Waals surface area (Å²) in [7, 11) is 3.00. The molecule has 0 radical (unpaired) electrons. The number of nitrogens with zero attached hydrogens (tertiary/aromatic N) is 4. The van der Waals surface area contributed by atoms with Crippen molar-refractivity contribution in [3.63, 3.8) is 0 Å². The Bertz CT molecular complexity index is 1770. The lowest BCUT2D eigenvalue weighted by Gasteiger charge is -2.36. The lowest BCUT2D eigenvalue weighted by Crippen LogP contribution is -2.49. The number of cyclic esters (lactones) is 1. The third-order valence-corrected chi connectivity index (χ3v) is 8.24. The number of esters is 1. The van der Waals surface area contributed by atoms with E-state index < -0.39 is 23.8 Å². The van der Waals surface area contributed by atoms with Gasteiger partial charge in [-0.3, -0.25) is 4.79 Å². The van der Waals surface area contributed by atoms with Crippen molar-refractivity contribution >= 4 is 29.1 Å². The van der Waals surface area contributed by atoms with E-state index in [1.807, 2.05) is 6.92 Å². The van der Waals surface area contributed by atoms with Crippen molar-refractivity contribution in [3.8, 4) is 29.5 Å². The second kappa shape index (κ2) is 11.9. The van der Waals surface area contributed by atoms with Crippen molar-refractivity contribution in [3.05, 3.63) is 56.9 Å². The fourth-order valence-corrected chi connectivity index (χ4v) is 5.73. The summed E-state index contributed by atoms with van der Waals surface area (Å²) in [5.74, 6) is 1.73. The molecule has 12 heteroatoms. The Morgan fingerprint density at radius 1 is 1.14 bits per heavy atom. The summed E-state index contributed by atoms with van der Waals surface area (Å²) in [6.45, 7) is 3.98. The maximum absolute atomic E-state index is 13.9. The first-order chi connectivity index (χ1) is 21.1. The van der Waals surface area contributed by atoms with Gasteiger partial charge in [0.05, 0.1) is 29.0 Å². The number of likely N-dealkylation sites (N-methyl/N-ethyl adjacent to an activating group) is 2. The fourth-order valence-electron chi connectivity index (χ4n) is 5.73. The van der Waals surface area contributed by atoms with Crippen LogP contribution in [0.4, 0.5) is 9.59 Å². The van der Waals surface area contributed by atoms with Gasteiger partial charge in [0.25, 0.3) is 5.56 Å². The third kappa shape index (κ3) is 5.08. The molecule has 1 atom stereocenters. The van der Waals surface area contributed by atoms with E-state index in [1.165, 1.54) is 23.9 Å². The topological polar surface area (TPSA) is 140 Å². The lowest BCUT2D eigenvalue weighted by molar-refractivity contribution is -0.173. The number of terminal acetylenes is 1. The molecule has 2 aliphatic heterocycles. The van der Waals surface area contributed by atoms with Crippen LogP contribution in [-0.4, -0.2) is 76.4 Å². The van der Waals surface area contributed by atoms with E-state index >= 15 is 0 Å². The first-order valence-corrected chi connectivity index (χ1v) is 14.4. The number of phenolic OH excluding ortho intramolecular Hbond substituents is 1. The summed E-state index contributed by atoms with van der Waals surface area (Å²) in [5, 5.41) is 10.9. The molecule has 2 aliphatic rings. The van der Waals surface area contributed by atoms with E-state index in [-0.39, 0.29) is 68.1 Å². The van der Waals surface area contributed by atoms with Gasteiger partial charge in [0.1, 0.15) is 19.0 Å². The lowest BCUT2D eigenvalue weighted by atomic mass is 9.85. The predicted octanol–water partition coefficient (Wildman–Crippen LogP) is 3.52. The molecular weight excluding hydrogens is 568 g/mol. The summed E-state index contributed by atoms with van der Waals surface area (Å²) in [6, 6.07) is 6.66. The molecule has 0 aliphatic carbocycles.